The summed E-state index contributed by atoms with van der Waals surface area (Å²) >= 11 is 0. The minimum absolute atomic E-state index is 0.439. The zero-order valence-electron chi connectivity index (χ0n) is 19.0. The number of anilines is 6. The summed E-state index contributed by atoms with van der Waals surface area (Å²) in [5, 5.41) is 0. The van der Waals surface area contributed by atoms with Crippen molar-refractivity contribution >= 4 is 34.1 Å². The van der Waals surface area contributed by atoms with Crippen LogP contribution < -0.4 is 9.80 Å². The first-order valence-corrected chi connectivity index (χ1v) is 11.2. The van der Waals surface area contributed by atoms with E-state index in [0.717, 1.165) is 0 Å². The molecule has 5 aromatic rings. The van der Waals surface area contributed by atoms with Crippen molar-refractivity contribution in [3.8, 4) is 0 Å². The van der Waals surface area contributed by atoms with Crippen LogP contribution in [0.5, 0.6) is 0 Å². The molecule has 0 aliphatic carbocycles. The van der Waals surface area contributed by atoms with E-state index in [9.17, 15) is 17.6 Å². The molecule has 5 rings (SSSR count). The van der Waals surface area contributed by atoms with Gasteiger partial charge in [0, 0.05) is 34.1 Å². The molecule has 6 heteroatoms. The summed E-state index contributed by atoms with van der Waals surface area (Å²) in [7, 11) is 0. The van der Waals surface area contributed by atoms with Crippen LogP contribution in [0.1, 0.15) is 0 Å². The van der Waals surface area contributed by atoms with Gasteiger partial charge in [0.05, 0.1) is 0 Å². The fourth-order valence-electron chi connectivity index (χ4n) is 4.13. The molecule has 0 radical (unpaired) electrons. The lowest BCUT2D eigenvalue weighted by Gasteiger charge is -2.29. The molecule has 5 aromatic carbocycles. The monoisotopic (exact) mass is 484 g/mol. The van der Waals surface area contributed by atoms with Crippen molar-refractivity contribution in [3.63, 3.8) is 0 Å². The number of halogens is 4. The molecule has 0 atom stereocenters. The van der Waals surface area contributed by atoms with Crippen molar-refractivity contribution in [1.29, 1.82) is 0 Å². The number of hydrogen-bond donors (Lipinski definition) is 0. The third-order valence-electron chi connectivity index (χ3n) is 5.61. The van der Waals surface area contributed by atoms with Crippen LogP contribution in [-0.4, -0.2) is 0 Å². The zero-order valence-corrected chi connectivity index (χ0v) is 19.0. The molecule has 0 spiro atoms. The number of benzene rings is 5. The topological polar surface area (TPSA) is 6.48 Å². The van der Waals surface area contributed by atoms with Gasteiger partial charge in [-0.3, -0.25) is 0 Å². The van der Waals surface area contributed by atoms with Gasteiger partial charge in [-0.05, 0) is 91.0 Å². The minimum Gasteiger partial charge on any atom is -0.310 e. The van der Waals surface area contributed by atoms with Crippen LogP contribution in [0.15, 0.2) is 121 Å². The van der Waals surface area contributed by atoms with Gasteiger partial charge < -0.3 is 9.80 Å². The first kappa shape index (κ1) is 23.2. The summed E-state index contributed by atoms with van der Waals surface area (Å²) in [5.74, 6) is -1.75. The molecule has 36 heavy (non-hydrogen) atoms. The van der Waals surface area contributed by atoms with Gasteiger partial charge in [0.1, 0.15) is 23.3 Å². The molecule has 0 saturated heterocycles. The molecular formula is C30H20F4N2. The van der Waals surface area contributed by atoms with Crippen LogP contribution in [0.3, 0.4) is 0 Å². The molecule has 0 aliphatic rings. The average molecular weight is 484 g/mol. The fourth-order valence-corrected chi connectivity index (χ4v) is 4.13. The van der Waals surface area contributed by atoms with E-state index in [1.807, 2.05) is 0 Å². The van der Waals surface area contributed by atoms with Gasteiger partial charge >= 0.3 is 0 Å². The largest absolute Gasteiger partial charge is 0.310 e. The van der Waals surface area contributed by atoms with Crippen molar-refractivity contribution in [1.82, 2.24) is 0 Å². The number of nitrogens with zero attached hydrogens (tertiary/aromatic N) is 2. The molecule has 0 saturated carbocycles. The molecule has 0 bridgehead atoms. The Morgan fingerprint density at radius 3 is 0.778 bits per heavy atom. The SMILES string of the molecule is Fc1cccc(N(c2cccc(F)c2)c2cccc(N(c3cccc(F)c3)c3cccc(F)c3)c2)c1. The predicted octanol–water partition coefficient (Wildman–Crippen LogP) is 9.18. The van der Waals surface area contributed by atoms with E-state index >= 15 is 0 Å². The normalized spacial score (nSPS) is 10.8. The quantitative estimate of drug-likeness (QED) is 0.222. The molecule has 0 amide bonds. The lowest BCUT2D eigenvalue weighted by Crippen LogP contribution is -2.13. The highest BCUT2D eigenvalue weighted by Crippen LogP contribution is 2.40. The lowest BCUT2D eigenvalue weighted by molar-refractivity contribution is 0.626. The van der Waals surface area contributed by atoms with Crippen molar-refractivity contribution < 1.29 is 17.6 Å². The third kappa shape index (κ3) is 4.93. The van der Waals surface area contributed by atoms with E-state index < -0.39 is 23.3 Å². The van der Waals surface area contributed by atoms with Gasteiger partial charge in [0.2, 0.25) is 0 Å². The Morgan fingerprint density at radius 2 is 0.528 bits per heavy atom. The second-order valence-corrected chi connectivity index (χ2v) is 8.11. The number of hydrogen-bond acceptors (Lipinski definition) is 2. The van der Waals surface area contributed by atoms with Gasteiger partial charge in [-0.1, -0.05) is 30.3 Å². The van der Waals surface area contributed by atoms with Gasteiger partial charge in [0.25, 0.3) is 0 Å². The highest BCUT2D eigenvalue weighted by atomic mass is 19.1. The van der Waals surface area contributed by atoms with E-state index in [0.29, 0.717) is 34.1 Å². The van der Waals surface area contributed by atoms with E-state index in [2.05, 4.69) is 0 Å². The molecule has 0 fully saturated rings. The Balaban J connectivity index is 1.69. The molecular weight excluding hydrogens is 464 g/mol. The summed E-state index contributed by atoms with van der Waals surface area (Å²) in [5.41, 5.74) is 3.14. The summed E-state index contributed by atoms with van der Waals surface area (Å²) in [6.07, 6.45) is 0. The summed E-state index contributed by atoms with van der Waals surface area (Å²) in [4.78, 5) is 3.43. The molecule has 178 valence electrons. The smallest absolute Gasteiger partial charge is 0.125 e. The zero-order chi connectivity index (χ0) is 25.1. The van der Waals surface area contributed by atoms with Crippen molar-refractivity contribution in [3.05, 3.63) is 145 Å². The fraction of sp³-hybridized carbons (Fsp3) is 0. The van der Waals surface area contributed by atoms with E-state index in [4.69, 9.17) is 0 Å². The Bertz CT molecular complexity index is 1320. The summed E-state index contributed by atoms with van der Waals surface area (Å²) in [6, 6.07) is 31.1. The van der Waals surface area contributed by atoms with Crippen LogP contribution >= 0.6 is 0 Å². The highest BCUT2D eigenvalue weighted by Gasteiger charge is 2.18. The number of rotatable bonds is 6. The molecule has 0 N–H and O–H groups in total. The second-order valence-electron chi connectivity index (χ2n) is 8.11. The standard InChI is InChI=1S/C30H20F4N2/c31-21-6-1-10-25(16-21)35(26-11-2-7-22(32)17-26)29-14-5-15-30(20-29)36(27-12-3-8-23(33)18-27)28-13-4-9-24(34)19-28/h1-20H. The van der Waals surface area contributed by atoms with Crippen molar-refractivity contribution in [2.24, 2.45) is 0 Å². The van der Waals surface area contributed by atoms with Crippen LogP contribution in [0, 0.1) is 23.3 Å². The summed E-state index contributed by atoms with van der Waals surface area (Å²) in [6.45, 7) is 0. The van der Waals surface area contributed by atoms with Gasteiger partial charge in [-0.25, -0.2) is 17.6 Å². The van der Waals surface area contributed by atoms with Crippen LogP contribution in [0.4, 0.5) is 51.7 Å². The lowest BCUT2D eigenvalue weighted by atomic mass is 10.1. The average Bonchev–Trinajstić information content (AvgIpc) is 2.85. The third-order valence-corrected chi connectivity index (χ3v) is 5.61. The summed E-state index contributed by atoms with van der Waals surface area (Å²) < 4.78 is 56.7. The Labute approximate surface area is 206 Å². The predicted molar refractivity (Wildman–Crippen MR) is 136 cm³/mol. The first-order valence-electron chi connectivity index (χ1n) is 11.2. The second kappa shape index (κ2) is 9.96. The van der Waals surface area contributed by atoms with Gasteiger partial charge in [-0.15, -0.1) is 0 Å². The van der Waals surface area contributed by atoms with Gasteiger partial charge in [-0.2, -0.15) is 0 Å². The molecule has 0 aromatic heterocycles. The maximum absolute atomic E-state index is 14.2. The van der Waals surface area contributed by atoms with Crippen LogP contribution in [-0.2, 0) is 0 Å². The maximum atomic E-state index is 14.2. The van der Waals surface area contributed by atoms with E-state index in [1.165, 1.54) is 48.5 Å². The molecule has 0 unspecified atom stereocenters. The Morgan fingerprint density at radius 1 is 0.306 bits per heavy atom. The molecule has 2 nitrogen and oxygen atoms in total. The first-order chi connectivity index (χ1) is 17.5. The van der Waals surface area contributed by atoms with E-state index in [-0.39, 0.29) is 0 Å². The van der Waals surface area contributed by atoms with E-state index in [1.54, 1.807) is 82.6 Å². The molecule has 0 aliphatic heterocycles. The van der Waals surface area contributed by atoms with Crippen molar-refractivity contribution in [2.75, 3.05) is 9.80 Å². The van der Waals surface area contributed by atoms with Crippen LogP contribution in [0.25, 0.3) is 0 Å². The van der Waals surface area contributed by atoms with Gasteiger partial charge in [0.15, 0.2) is 0 Å². The maximum Gasteiger partial charge on any atom is 0.125 e. The minimum atomic E-state index is -0.439. The van der Waals surface area contributed by atoms with Crippen molar-refractivity contribution in [2.45, 2.75) is 0 Å². The Hall–Kier alpha value is -4.58. The molecule has 0 heterocycles. The van der Waals surface area contributed by atoms with Crippen LogP contribution in [0.2, 0.25) is 0 Å². The highest BCUT2D eigenvalue weighted by molar-refractivity contribution is 5.82. The Kier molecular flexibility index (Phi) is 6.41.